The molecule has 1 aliphatic heterocycles. The highest BCUT2D eigenvalue weighted by Gasteiger charge is 2.39. The van der Waals surface area contributed by atoms with Crippen LogP contribution in [0.5, 0.6) is 0 Å². The van der Waals surface area contributed by atoms with Crippen molar-refractivity contribution in [2.75, 3.05) is 13.6 Å². The molecule has 1 saturated heterocycles. The van der Waals surface area contributed by atoms with Crippen LogP contribution in [-0.4, -0.2) is 48.5 Å². The van der Waals surface area contributed by atoms with Gasteiger partial charge in [0.05, 0.1) is 11.4 Å². The van der Waals surface area contributed by atoms with Gasteiger partial charge in [0.1, 0.15) is 10.9 Å². The van der Waals surface area contributed by atoms with E-state index in [0.717, 1.165) is 12.8 Å². The molecule has 0 aromatic carbocycles. The quantitative estimate of drug-likeness (QED) is 0.840. The Balaban J connectivity index is 2.44. The number of nitrogens with one attached hydrogen (secondary N) is 2. The number of H-pyrrole nitrogens is 1. The molecule has 1 unspecified atom stereocenters. The molecule has 1 amide bonds. The van der Waals surface area contributed by atoms with Crippen molar-refractivity contribution < 1.29 is 13.2 Å². The summed E-state index contributed by atoms with van der Waals surface area (Å²) in [6, 6.07) is -0.632. The van der Waals surface area contributed by atoms with Crippen LogP contribution in [0.15, 0.2) is 4.90 Å². The fourth-order valence-electron chi connectivity index (χ4n) is 2.66. The fourth-order valence-corrected chi connectivity index (χ4v) is 4.65. The Bertz CT molecular complexity index is 589. The minimum absolute atomic E-state index is 0.188. The van der Waals surface area contributed by atoms with E-state index >= 15 is 0 Å². The predicted octanol–water partition coefficient (Wildman–Crippen LogP) is 0.316. The molecule has 1 aromatic heterocycles. The molecule has 1 fully saturated rings. The number of piperidine rings is 1. The van der Waals surface area contributed by atoms with E-state index in [0.29, 0.717) is 24.4 Å². The standard InChI is InChI=1S/C12H20N4O3S/c1-8-11(9(2)15-14-8)20(18,19)16-7-5-4-6-10(16)12(17)13-3/h10H,4-7H2,1-3H3,(H,13,17)(H,14,15). The van der Waals surface area contributed by atoms with E-state index in [1.165, 1.54) is 11.4 Å². The number of carbonyl (C=O) groups is 1. The van der Waals surface area contributed by atoms with E-state index in [1.54, 1.807) is 13.8 Å². The lowest BCUT2D eigenvalue weighted by atomic mass is 10.0. The van der Waals surface area contributed by atoms with Gasteiger partial charge in [-0.15, -0.1) is 0 Å². The van der Waals surface area contributed by atoms with Crippen molar-refractivity contribution in [2.45, 2.75) is 44.0 Å². The average Bonchev–Trinajstić information content (AvgIpc) is 2.77. The number of nitrogens with zero attached hydrogens (tertiary/aromatic N) is 2. The largest absolute Gasteiger partial charge is 0.358 e. The van der Waals surface area contributed by atoms with E-state index in [9.17, 15) is 13.2 Å². The summed E-state index contributed by atoms with van der Waals surface area (Å²) in [7, 11) is -2.18. The molecule has 1 aromatic rings. The third kappa shape index (κ3) is 2.45. The van der Waals surface area contributed by atoms with Gasteiger partial charge >= 0.3 is 0 Å². The molecule has 0 spiro atoms. The number of aromatic nitrogens is 2. The molecule has 7 nitrogen and oxygen atoms in total. The van der Waals surface area contributed by atoms with Crippen LogP contribution in [0, 0.1) is 13.8 Å². The van der Waals surface area contributed by atoms with Crippen LogP contribution in [0.3, 0.4) is 0 Å². The zero-order valence-electron chi connectivity index (χ0n) is 11.9. The van der Waals surface area contributed by atoms with E-state index < -0.39 is 16.1 Å². The minimum Gasteiger partial charge on any atom is -0.358 e. The maximum Gasteiger partial charge on any atom is 0.247 e. The van der Waals surface area contributed by atoms with E-state index in [4.69, 9.17) is 0 Å². The van der Waals surface area contributed by atoms with Gasteiger partial charge in [0, 0.05) is 13.6 Å². The second-order valence-corrected chi connectivity index (χ2v) is 6.83. The van der Waals surface area contributed by atoms with E-state index in [-0.39, 0.29) is 10.8 Å². The summed E-state index contributed by atoms with van der Waals surface area (Å²) in [6.45, 7) is 3.69. The maximum absolute atomic E-state index is 12.8. The molecular weight excluding hydrogens is 280 g/mol. The summed E-state index contributed by atoms with van der Waals surface area (Å²) in [4.78, 5) is 12.1. The third-order valence-corrected chi connectivity index (χ3v) is 5.80. The molecule has 0 saturated carbocycles. The Hall–Kier alpha value is -1.41. The van der Waals surface area contributed by atoms with Gasteiger partial charge in [-0.2, -0.15) is 9.40 Å². The zero-order valence-corrected chi connectivity index (χ0v) is 12.7. The Kier molecular flexibility index (Phi) is 4.14. The molecule has 1 aliphatic rings. The van der Waals surface area contributed by atoms with Crippen molar-refractivity contribution in [1.82, 2.24) is 19.8 Å². The number of hydrogen-bond donors (Lipinski definition) is 2. The van der Waals surface area contributed by atoms with Crippen molar-refractivity contribution in [3.8, 4) is 0 Å². The fraction of sp³-hybridized carbons (Fsp3) is 0.667. The molecule has 2 rings (SSSR count). The lowest BCUT2D eigenvalue weighted by molar-refractivity contribution is -0.125. The number of rotatable bonds is 3. The van der Waals surface area contributed by atoms with Gasteiger partial charge in [0.25, 0.3) is 0 Å². The summed E-state index contributed by atoms with van der Waals surface area (Å²) in [6.07, 6.45) is 2.17. The molecule has 2 N–H and O–H groups in total. The highest BCUT2D eigenvalue weighted by atomic mass is 32.2. The maximum atomic E-state index is 12.8. The van der Waals surface area contributed by atoms with Crippen LogP contribution < -0.4 is 5.32 Å². The Labute approximate surface area is 118 Å². The Morgan fingerprint density at radius 3 is 2.65 bits per heavy atom. The third-order valence-electron chi connectivity index (χ3n) is 3.63. The summed E-state index contributed by atoms with van der Waals surface area (Å²) < 4.78 is 26.9. The van der Waals surface area contributed by atoms with Crippen LogP contribution >= 0.6 is 0 Å². The summed E-state index contributed by atoms with van der Waals surface area (Å²) in [5, 5.41) is 9.16. The van der Waals surface area contributed by atoms with Gasteiger partial charge in [0.2, 0.25) is 15.9 Å². The SMILES string of the molecule is CNC(=O)C1CCCCN1S(=O)(=O)c1c(C)n[nH]c1C. The van der Waals surface area contributed by atoms with Crippen LogP contribution in [0.1, 0.15) is 30.7 Å². The molecule has 1 atom stereocenters. The van der Waals surface area contributed by atoms with Crippen LogP contribution in [0.2, 0.25) is 0 Å². The topological polar surface area (TPSA) is 95.2 Å². The lowest BCUT2D eigenvalue weighted by Gasteiger charge is -2.33. The zero-order chi connectivity index (χ0) is 14.9. The van der Waals surface area contributed by atoms with Crippen molar-refractivity contribution in [3.05, 3.63) is 11.4 Å². The molecule has 0 aliphatic carbocycles. The van der Waals surface area contributed by atoms with Gasteiger partial charge in [-0.05, 0) is 26.7 Å². The molecular formula is C12H20N4O3S. The van der Waals surface area contributed by atoms with Gasteiger partial charge in [-0.25, -0.2) is 8.42 Å². The van der Waals surface area contributed by atoms with Gasteiger partial charge in [-0.1, -0.05) is 6.42 Å². The number of amides is 1. The van der Waals surface area contributed by atoms with E-state index in [1.807, 2.05) is 0 Å². The molecule has 0 bridgehead atoms. The monoisotopic (exact) mass is 300 g/mol. The smallest absolute Gasteiger partial charge is 0.247 e. The van der Waals surface area contributed by atoms with Gasteiger partial charge < -0.3 is 5.32 Å². The number of hydrogen-bond acceptors (Lipinski definition) is 4. The first-order chi connectivity index (χ1) is 9.39. The molecule has 8 heteroatoms. The summed E-state index contributed by atoms with van der Waals surface area (Å²) >= 11 is 0. The summed E-state index contributed by atoms with van der Waals surface area (Å²) in [5.41, 5.74) is 0.937. The molecule has 20 heavy (non-hydrogen) atoms. The number of sulfonamides is 1. The first-order valence-corrected chi connectivity index (χ1v) is 8.08. The Morgan fingerprint density at radius 2 is 2.10 bits per heavy atom. The first-order valence-electron chi connectivity index (χ1n) is 6.64. The van der Waals surface area contributed by atoms with Crippen molar-refractivity contribution in [2.24, 2.45) is 0 Å². The first kappa shape index (κ1) is 15.0. The number of likely N-dealkylation sites (N-methyl/N-ethyl adjacent to an activating group) is 1. The molecule has 2 heterocycles. The van der Waals surface area contributed by atoms with Crippen molar-refractivity contribution >= 4 is 15.9 Å². The van der Waals surface area contributed by atoms with Gasteiger partial charge in [0.15, 0.2) is 0 Å². The number of aromatic amines is 1. The Morgan fingerprint density at radius 1 is 1.40 bits per heavy atom. The van der Waals surface area contributed by atoms with Gasteiger partial charge in [-0.3, -0.25) is 9.89 Å². The van der Waals surface area contributed by atoms with E-state index in [2.05, 4.69) is 15.5 Å². The highest BCUT2D eigenvalue weighted by Crippen LogP contribution is 2.28. The van der Waals surface area contributed by atoms with Crippen molar-refractivity contribution in [3.63, 3.8) is 0 Å². The second kappa shape index (κ2) is 5.53. The van der Waals surface area contributed by atoms with Crippen LogP contribution in [0.25, 0.3) is 0 Å². The highest BCUT2D eigenvalue weighted by molar-refractivity contribution is 7.89. The normalized spacial score (nSPS) is 20.9. The molecule has 112 valence electrons. The number of aryl methyl sites for hydroxylation is 2. The predicted molar refractivity (Wildman–Crippen MR) is 73.7 cm³/mol. The lowest BCUT2D eigenvalue weighted by Crippen LogP contribution is -2.51. The van der Waals surface area contributed by atoms with Crippen molar-refractivity contribution in [1.29, 1.82) is 0 Å². The van der Waals surface area contributed by atoms with Crippen LogP contribution in [-0.2, 0) is 14.8 Å². The molecule has 0 radical (unpaired) electrons. The second-order valence-electron chi connectivity index (χ2n) is 5.00. The van der Waals surface area contributed by atoms with Crippen LogP contribution in [0.4, 0.5) is 0 Å². The number of carbonyl (C=O) groups excluding carboxylic acids is 1. The summed E-state index contributed by atoms with van der Waals surface area (Å²) in [5.74, 6) is -0.257. The minimum atomic E-state index is -3.71. The average molecular weight is 300 g/mol.